The Morgan fingerprint density at radius 2 is 2.06 bits per heavy atom. The van der Waals surface area contributed by atoms with Gasteiger partial charge >= 0.3 is 0 Å². The van der Waals surface area contributed by atoms with Crippen LogP contribution >= 0.6 is 15.9 Å². The molecule has 0 aliphatic heterocycles. The van der Waals surface area contributed by atoms with Gasteiger partial charge in [-0.1, -0.05) is 19.0 Å². The maximum Gasteiger partial charge on any atom is 0.154 e. The smallest absolute Gasteiger partial charge is 0.154 e. The lowest BCUT2D eigenvalue weighted by Crippen LogP contribution is -2.15. The van der Waals surface area contributed by atoms with Gasteiger partial charge in [-0.3, -0.25) is 0 Å². The van der Waals surface area contributed by atoms with E-state index < -0.39 is 0 Å². The molecular weight excluding hydrogens is 299 g/mol. The lowest BCUT2D eigenvalue weighted by molar-refractivity contribution is 0.333. The highest BCUT2D eigenvalue weighted by molar-refractivity contribution is 9.10. The first-order valence-electron chi connectivity index (χ1n) is 5.66. The number of benzene rings is 1. The summed E-state index contributed by atoms with van der Waals surface area (Å²) in [6, 6.07) is 6.04. The molecule has 0 spiro atoms. The molecule has 0 radical (unpaired) electrons. The average Bonchev–Trinajstić information content (AvgIpc) is 2.77. The third-order valence-electron chi connectivity index (χ3n) is 2.78. The van der Waals surface area contributed by atoms with Crippen LogP contribution in [0.15, 0.2) is 33.3 Å². The highest BCUT2D eigenvalue weighted by Crippen LogP contribution is 2.30. The van der Waals surface area contributed by atoms with Crippen LogP contribution in [-0.4, -0.2) is 5.16 Å². The maximum atomic E-state index is 13.0. The Hall–Kier alpha value is -1.20. The predicted molar refractivity (Wildman–Crippen MR) is 71.4 cm³/mol. The third kappa shape index (κ3) is 2.62. The second-order valence-electron chi connectivity index (χ2n) is 4.51. The number of hydrogen-bond donors (Lipinski definition) is 1. The monoisotopic (exact) mass is 312 g/mol. The molecule has 0 amide bonds. The van der Waals surface area contributed by atoms with Crippen molar-refractivity contribution in [3.63, 3.8) is 0 Å². The van der Waals surface area contributed by atoms with Crippen LogP contribution < -0.4 is 5.73 Å². The molecule has 0 saturated carbocycles. The molecule has 2 rings (SSSR count). The summed E-state index contributed by atoms with van der Waals surface area (Å²) in [6.45, 7) is 4.03. The summed E-state index contributed by atoms with van der Waals surface area (Å²) >= 11 is 3.31. The molecule has 0 aliphatic carbocycles. The Balaban J connectivity index is 2.35. The van der Waals surface area contributed by atoms with E-state index in [2.05, 4.69) is 21.1 Å². The van der Waals surface area contributed by atoms with Crippen molar-refractivity contribution in [2.24, 2.45) is 11.7 Å². The molecule has 0 bridgehead atoms. The normalized spacial score (nSPS) is 13.0. The molecule has 2 N–H and O–H groups in total. The van der Waals surface area contributed by atoms with E-state index in [0.717, 1.165) is 5.56 Å². The summed E-state index contributed by atoms with van der Waals surface area (Å²) in [7, 11) is 0. The molecular formula is C13H14BrFN2O. The van der Waals surface area contributed by atoms with Crippen molar-refractivity contribution in [2.45, 2.75) is 19.9 Å². The Kier molecular flexibility index (Phi) is 3.82. The lowest BCUT2D eigenvalue weighted by Gasteiger charge is -2.10. The SMILES string of the molecule is CC(C)C(N)c1cc(-c2ccc(F)cc2Br)no1. The van der Waals surface area contributed by atoms with E-state index in [4.69, 9.17) is 10.3 Å². The number of rotatable bonds is 3. The van der Waals surface area contributed by atoms with E-state index in [1.165, 1.54) is 12.1 Å². The van der Waals surface area contributed by atoms with E-state index in [-0.39, 0.29) is 17.8 Å². The summed E-state index contributed by atoms with van der Waals surface area (Å²) in [5.41, 5.74) is 7.41. The molecule has 1 heterocycles. The fraction of sp³-hybridized carbons (Fsp3) is 0.308. The van der Waals surface area contributed by atoms with Crippen molar-refractivity contribution < 1.29 is 8.91 Å². The van der Waals surface area contributed by atoms with Gasteiger partial charge in [-0.15, -0.1) is 0 Å². The molecule has 1 atom stereocenters. The second-order valence-corrected chi connectivity index (χ2v) is 5.36. The van der Waals surface area contributed by atoms with Crippen LogP contribution in [-0.2, 0) is 0 Å². The molecule has 0 saturated heterocycles. The van der Waals surface area contributed by atoms with E-state index in [1.807, 2.05) is 13.8 Å². The van der Waals surface area contributed by atoms with Crippen LogP contribution in [0.4, 0.5) is 4.39 Å². The van der Waals surface area contributed by atoms with Gasteiger partial charge in [-0.2, -0.15) is 0 Å². The first-order valence-corrected chi connectivity index (χ1v) is 6.46. The van der Waals surface area contributed by atoms with Gasteiger partial charge in [-0.25, -0.2) is 4.39 Å². The number of halogens is 2. The summed E-state index contributed by atoms with van der Waals surface area (Å²) in [5.74, 6) is 0.604. The number of nitrogens with two attached hydrogens (primary N) is 1. The molecule has 1 unspecified atom stereocenters. The van der Waals surface area contributed by atoms with Crippen LogP contribution in [0.1, 0.15) is 25.6 Å². The maximum absolute atomic E-state index is 13.0. The zero-order chi connectivity index (χ0) is 13.3. The van der Waals surface area contributed by atoms with Crippen molar-refractivity contribution in [3.8, 4) is 11.3 Å². The first-order chi connectivity index (χ1) is 8.49. The minimum atomic E-state index is -0.298. The van der Waals surface area contributed by atoms with Gasteiger partial charge in [0.1, 0.15) is 11.5 Å². The Labute approximate surface area is 113 Å². The first kappa shape index (κ1) is 13.2. The summed E-state index contributed by atoms with van der Waals surface area (Å²) in [5, 5.41) is 3.97. The number of nitrogens with zero attached hydrogens (tertiary/aromatic N) is 1. The molecule has 18 heavy (non-hydrogen) atoms. The minimum absolute atomic E-state index is 0.189. The molecule has 1 aromatic carbocycles. The van der Waals surface area contributed by atoms with Crippen LogP contribution in [0.5, 0.6) is 0 Å². The van der Waals surface area contributed by atoms with E-state index in [0.29, 0.717) is 15.9 Å². The third-order valence-corrected chi connectivity index (χ3v) is 3.44. The summed E-state index contributed by atoms with van der Waals surface area (Å²) in [6.07, 6.45) is 0. The van der Waals surface area contributed by atoms with Crippen molar-refractivity contribution in [2.75, 3.05) is 0 Å². The molecule has 2 aromatic rings. The van der Waals surface area contributed by atoms with Crippen LogP contribution in [0.2, 0.25) is 0 Å². The average molecular weight is 313 g/mol. The Morgan fingerprint density at radius 3 is 2.67 bits per heavy atom. The zero-order valence-electron chi connectivity index (χ0n) is 10.2. The highest BCUT2D eigenvalue weighted by atomic mass is 79.9. The fourth-order valence-corrected chi connectivity index (χ4v) is 2.15. The Morgan fingerprint density at radius 1 is 1.33 bits per heavy atom. The van der Waals surface area contributed by atoms with Gasteiger partial charge < -0.3 is 10.3 Å². The van der Waals surface area contributed by atoms with Crippen LogP contribution in [0.25, 0.3) is 11.3 Å². The molecule has 5 heteroatoms. The molecule has 3 nitrogen and oxygen atoms in total. The van der Waals surface area contributed by atoms with Gasteiger partial charge in [0.05, 0.1) is 6.04 Å². The van der Waals surface area contributed by atoms with Crippen molar-refractivity contribution >= 4 is 15.9 Å². The van der Waals surface area contributed by atoms with Crippen LogP contribution in [0.3, 0.4) is 0 Å². The quantitative estimate of drug-likeness (QED) is 0.935. The van der Waals surface area contributed by atoms with E-state index in [9.17, 15) is 4.39 Å². The van der Waals surface area contributed by atoms with Crippen molar-refractivity contribution in [1.82, 2.24) is 5.16 Å². The van der Waals surface area contributed by atoms with E-state index >= 15 is 0 Å². The number of hydrogen-bond acceptors (Lipinski definition) is 3. The summed E-state index contributed by atoms with van der Waals surface area (Å²) < 4.78 is 18.9. The minimum Gasteiger partial charge on any atom is -0.359 e. The highest BCUT2D eigenvalue weighted by Gasteiger charge is 2.17. The number of aromatic nitrogens is 1. The standard InChI is InChI=1S/C13H14BrFN2O/c1-7(2)13(16)12-6-11(17-18-12)9-4-3-8(15)5-10(9)14/h3-7,13H,16H2,1-2H3. The largest absolute Gasteiger partial charge is 0.359 e. The van der Waals surface area contributed by atoms with Gasteiger partial charge in [-0.05, 0) is 40.0 Å². The molecule has 0 aliphatic rings. The van der Waals surface area contributed by atoms with Gasteiger partial charge in [0, 0.05) is 16.1 Å². The van der Waals surface area contributed by atoms with Crippen LogP contribution in [0, 0.1) is 11.7 Å². The van der Waals surface area contributed by atoms with Crippen molar-refractivity contribution in [1.29, 1.82) is 0 Å². The van der Waals surface area contributed by atoms with Gasteiger partial charge in [0.25, 0.3) is 0 Å². The second kappa shape index (κ2) is 5.20. The molecule has 1 aromatic heterocycles. The zero-order valence-corrected chi connectivity index (χ0v) is 11.7. The molecule has 96 valence electrons. The van der Waals surface area contributed by atoms with E-state index in [1.54, 1.807) is 12.1 Å². The summed E-state index contributed by atoms with van der Waals surface area (Å²) in [4.78, 5) is 0. The topological polar surface area (TPSA) is 52.0 Å². The lowest BCUT2D eigenvalue weighted by atomic mass is 10.0. The van der Waals surface area contributed by atoms with Gasteiger partial charge in [0.2, 0.25) is 0 Å². The predicted octanol–water partition coefficient (Wildman–Crippen LogP) is 3.90. The van der Waals surface area contributed by atoms with Crippen molar-refractivity contribution in [3.05, 3.63) is 40.3 Å². The fourth-order valence-electron chi connectivity index (χ4n) is 1.60. The van der Waals surface area contributed by atoms with Gasteiger partial charge in [0.15, 0.2) is 5.76 Å². The molecule has 0 fully saturated rings. The Bertz CT molecular complexity index is 554.